The quantitative estimate of drug-likeness (QED) is 0.426. The summed E-state index contributed by atoms with van der Waals surface area (Å²) in [7, 11) is 3.16. The van der Waals surface area contributed by atoms with Crippen molar-refractivity contribution in [1.82, 2.24) is 13.7 Å². The summed E-state index contributed by atoms with van der Waals surface area (Å²) in [6.45, 7) is 0. The first-order valence-corrected chi connectivity index (χ1v) is 11.1. The van der Waals surface area contributed by atoms with E-state index in [2.05, 4.69) is 0 Å². The molecule has 0 aliphatic heterocycles. The zero-order valence-electron chi connectivity index (χ0n) is 16.9. The van der Waals surface area contributed by atoms with E-state index in [1.54, 1.807) is 6.07 Å². The van der Waals surface area contributed by atoms with Gasteiger partial charge in [-0.15, -0.1) is 0 Å². The lowest BCUT2D eigenvalue weighted by Crippen LogP contribution is -2.34. The highest BCUT2D eigenvalue weighted by Crippen LogP contribution is 2.49. The Bertz CT molecular complexity index is 1140. The van der Waals surface area contributed by atoms with Gasteiger partial charge in [-0.3, -0.25) is 0 Å². The van der Waals surface area contributed by atoms with Gasteiger partial charge in [0.15, 0.2) is 0 Å². The molecule has 0 spiro atoms. The van der Waals surface area contributed by atoms with Crippen LogP contribution < -0.4 is 16.3 Å². The van der Waals surface area contributed by atoms with Gasteiger partial charge in [0.2, 0.25) is 0 Å². The van der Waals surface area contributed by atoms with E-state index in [1.165, 1.54) is 6.07 Å². The molecule has 0 aliphatic rings. The molecule has 4 aromatic rings. The lowest BCUT2D eigenvalue weighted by molar-refractivity contribution is -0.137. The van der Waals surface area contributed by atoms with Crippen LogP contribution in [-0.4, -0.2) is 13.7 Å². The van der Waals surface area contributed by atoms with Crippen molar-refractivity contribution in [2.75, 3.05) is 0 Å². The van der Waals surface area contributed by atoms with Gasteiger partial charge in [-0.1, -0.05) is 6.07 Å². The van der Waals surface area contributed by atoms with Crippen molar-refractivity contribution in [3.05, 3.63) is 84.8 Å². The fraction of sp³-hybridized carbons (Fsp3) is 0.182. The molecule has 0 aliphatic carbocycles. The average Bonchev–Trinajstić information content (AvgIpc) is 3.42. The van der Waals surface area contributed by atoms with Gasteiger partial charge >= 0.3 is 6.18 Å². The number of hydrogen-bond acceptors (Lipinski definition) is 1. The van der Waals surface area contributed by atoms with E-state index in [0.717, 1.165) is 28.4 Å². The predicted octanol–water partition coefficient (Wildman–Crippen LogP) is 4.53. The molecule has 0 bridgehead atoms. The third-order valence-corrected chi connectivity index (χ3v) is 9.10. The molecule has 30 heavy (non-hydrogen) atoms. The van der Waals surface area contributed by atoms with Gasteiger partial charge in [0, 0.05) is 39.7 Å². The van der Waals surface area contributed by atoms with Crippen molar-refractivity contribution >= 4 is 29.0 Å². The number of alkyl halides is 3. The highest BCUT2D eigenvalue weighted by molar-refractivity contribution is 7.87. The van der Waals surface area contributed by atoms with Crippen LogP contribution in [0.5, 0.6) is 0 Å². The summed E-state index contributed by atoms with van der Waals surface area (Å²) in [6.07, 6.45) is 1.40. The number of aromatic nitrogens is 3. The smallest absolute Gasteiger partial charge is 0.349 e. The number of rotatable bonds is 4. The normalized spacial score (nSPS) is 12.3. The van der Waals surface area contributed by atoms with E-state index in [4.69, 9.17) is 4.74 Å². The number of hydrogen-bond donors (Lipinski definition) is 0. The maximum absolute atomic E-state index is 13.4. The first-order valence-electron chi connectivity index (χ1n) is 9.39. The van der Waals surface area contributed by atoms with E-state index >= 15 is 0 Å². The summed E-state index contributed by atoms with van der Waals surface area (Å²) < 4.78 is 51.2. The van der Waals surface area contributed by atoms with Crippen molar-refractivity contribution < 1.29 is 13.2 Å². The van der Waals surface area contributed by atoms with Crippen molar-refractivity contribution in [3.63, 3.8) is 0 Å². The summed E-state index contributed by atoms with van der Waals surface area (Å²) >= 11 is 0. The lowest BCUT2D eigenvalue weighted by Gasteiger charge is -2.27. The molecular formula is C22H22F3N4P. The molecule has 0 N–H and O–H groups in total. The van der Waals surface area contributed by atoms with Crippen molar-refractivity contribution in [3.8, 4) is 0 Å². The summed E-state index contributed by atoms with van der Waals surface area (Å²) in [5.41, 5.74) is 2.49. The van der Waals surface area contributed by atoms with Gasteiger partial charge < -0.3 is 13.7 Å². The Labute approximate surface area is 173 Å². The van der Waals surface area contributed by atoms with E-state index in [-0.39, 0.29) is 0 Å². The van der Waals surface area contributed by atoms with Crippen LogP contribution in [0.15, 0.2) is 84.0 Å². The summed E-state index contributed by atoms with van der Waals surface area (Å²) in [5.74, 6) is 0. The third-order valence-electron chi connectivity index (χ3n) is 5.18. The first kappa shape index (κ1) is 20.4. The average molecular weight is 430 g/mol. The van der Waals surface area contributed by atoms with E-state index < -0.39 is 18.8 Å². The highest BCUT2D eigenvalue weighted by atomic mass is 31.2. The fourth-order valence-electron chi connectivity index (χ4n) is 3.79. The van der Waals surface area contributed by atoms with Gasteiger partial charge in [-0.25, -0.2) is 4.74 Å². The van der Waals surface area contributed by atoms with Crippen molar-refractivity contribution in [1.29, 1.82) is 0 Å². The Morgan fingerprint density at radius 2 is 1.17 bits per heavy atom. The van der Waals surface area contributed by atoms with Crippen molar-refractivity contribution in [2.45, 2.75) is 6.18 Å². The molecule has 8 heteroatoms. The summed E-state index contributed by atoms with van der Waals surface area (Å²) in [6, 6.07) is 17.1. The maximum Gasteiger partial charge on any atom is 0.416 e. The molecule has 3 aromatic heterocycles. The topological polar surface area (TPSA) is 27.1 Å². The van der Waals surface area contributed by atoms with Crippen LogP contribution in [0.25, 0.3) is 0 Å². The molecule has 0 saturated heterocycles. The van der Waals surface area contributed by atoms with Crippen LogP contribution in [0, 0.1) is 0 Å². The Morgan fingerprint density at radius 1 is 0.700 bits per heavy atom. The molecule has 156 valence electrons. The molecule has 0 amide bonds. The molecule has 3 heterocycles. The molecule has 4 nitrogen and oxygen atoms in total. The second kappa shape index (κ2) is 7.40. The third kappa shape index (κ3) is 3.33. The highest BCUT2D eigenvalue weighted by Gasteiger charge is 2.35. The summed E-state index contributed by atoms with van der Waals surface area (Å²) in [5, 5.41) is 0. The SMILES string of the molecule is Cn1cccc1P(=Nc1cccc(C(F)(F)F)c1)(c1cccn1C)c1cccn1C. The Morgan fingerprint density at radius 3 is 1.53 bits per heavy atom. The molecule has 0 fully saturated rings. The monoisotopic (exact) mass is 430 g/mol. The number of aryl methyl sites for hydroxylation is 3. The van der Waals surface area contributed by atoms with Crippen LogP contribution in [-0.2, 0) is 27.3 Å². The Hall–Kier alpha value is -2.92. The minimum Gasteiger partial charge on any atom is -0.349 e. The van der Waals surface area contributed by atoms with Crippen LogP contribution in [0.4, 0.5) is 18.9 Å². The largest absolute Gasteiger partial charge is 0.416 e. The maximum atomic E-state index is 13.4. The first-order chi connectivity index (χ1) is 14.2. The number of halogens is 3. The minimum absolute atomic E-state index is 0.307. The van der Waals surface area contributed by atoms with Crippen molar-refractivity contribution in [2.24, 2.45) is 25.9 Å². The Balaban J connectivity index is 2.14. The van der Waals surface area contributed by atoms with E-state index in [0.29, 0.717) is 5.69 Å². The van der Waals surface area contributed by atoms with Crippen LogP contribution in [0.3, 0.4) is 0 Å². The lowest BCUT2D eigenvalue weighted by atomic mass is 10.2. The number of benzene rings is 1. The predicted molar refractivity (Wildman–Crippen MR) is 116 cm³/mol. The zero-order chi connectivity index (χ0) is 21.5. The second-order valence-electron chi connectivity index (χ2n) is 7.22. The molecule has 0 saturated carbocycles. The van der Waals surface area contributed by atoms with Gasteiger partial charge in [0.25, 0.3) is 0 Å². The Kier molecular flexibility index (Phi) is 5.02. The zero-order valence-corrected chi connectivity index (χ0v) is 17.8. The minimum atomic E-state index is -4.42. The van der Waals surface area contributed by atoms with Crippen LogP contribution >= 0.6 is 7.05 Å². The van der Waals surface area contributed by atoms with Gasteiger partial charge in [0.05, 0.1) is 27.6 Å². The summed E-state index contributed by atoms with van der Waals surface area (Å²) in [4.78, 5) is 0. The van der Waals surface area contributed by atoms with E-state index in [9.17, 15) is 13.2 Å². The fourth-order valence-corrected chi connectivity index (χ4v) is 7.75. The molecule has 4 rings (SSSR count). The molecule has 0 atom stereocenters. The van der Waals surface area contributed by atoms with Crippen LogP contribution in [0.2, 0.25) is 0 Å². The van der Waals surface area contributed by atoms with Gasteiger partial charge in [-0.2, -0.15) is 13.2 Å². The molecule has 0 unspecified atom stereocenters. The van der Waals surface area contributed by atoms with Gasteiger partial charge in [-0.05, 0) is 54.6 Å². The molecule has 1 aromatic carbocycles. The number of nitrogens with zero attached hydrogens (tertiary/aromatic N) is 4. The van der Waals surface area contributed by atoms with Crippen LogP contribution in [0.1, 0.15) is 5.56 Å². The standard InChI is InChI=1S/C22H22F3N4P/c1-27-13-5-10-19(27)30(20-11-6-14-28(20)2,21-12-7-15-29(21)3)26-18-9-4-8-17(16-18)22(23,24)25/h4-16H,1-3H3. The van der Waals surface area contributed by atoms with Gasteiger partial charge in [0.1, 0.15) is 7.05 Å². The van der Waals surface area contributed by atoms with E-state index in [1.807, 2.05) is 89.8 Å². The second-order valence-corrected chi connectivity index (χ2v) is 10.1. The molecule has 0 radical (unpaired) electrons. The molecular weight excluding hydrogens is 408 g/mol.